The summed E-state index contributed by atoms with van der Waals surface area (Å²) in [4.78, 5) is 27.9. The number of carbonyl (C=O) groups is 1. The molecule has 1 aliphatic rings. The fourth-order valence-corrected chi connectivity index (χ4v) is 3.92. The molecule has 7 heteroatoms. The van der Waals surface area contributed by atoms with Gasteiger partial charge in [0.05, 0.1) is 11.0 Å². The fraction of sp³-hybridized carbons (Fsp3) is 0.261. The lowest BCUT2D eigenvalue weighted by Gasteiger charge is -2.38. The molecule has 0 aromatic heterocycles. The number of rotatable bonds is 5. The summed E-state index contributed by atoms with van der Waals surface area (Å²) in [6.07, 6.45) is 0. The van der Waals surface area contributed by atoms with Crippen LogP contribution in [-0.4, -0.2) is 48.0 Å². The molecule has 1 amide bonds. The first-order valence-corrected chi connectivity index (χ1v) is 10.0. The predicted molar refractivity (Wildman–Crippen MR) is 119 cm³/mol. The van der Waals surface area contributed by atoms with Gasteiger partial charge in [0.25, 0.3) is 5.69 Å². The van der Waals surface area contributed by atoms with E-state index < -0.39 is 0 Å². The minimum atomic E-state index is -0.346. The lowest BCUT2D eigenvalue weighted by Crippen LogP contribution is -2.52. The van der Waals surface area contributed by atoms with Crippen molar-refractivity contribution in [3.8, 4) is 0 Å². The van der Waals surface area contributed by atoms with Crippen molar-refractivity contribution in [3.63, 3.8) is 0 Å². The highest BCUT2D eigenvalue weighted by atomic mass is 16.6. The van der Waals surface area contributed by atoms with Gasteiger partial charge in [0.15, 0.2) is 0 Å². The summed E-state index contributed by atoms with van der Waals surface area (Å²) in [6.45, 7) is 4.50. The third kappa shape index (κ3) is 4.11. The van der Waals surface area contributed by atoms with Crippen LogP contribution in [0.5, 0.6) is 0 Å². The normalized spacial score (nSPS) is 15.7. The van der Waals surface area contributed by atoms with Crippen LogP contribution in [0, 0.1) is 10.1 Å². The highest BCUT2D eigenvalue weighted by Crippen LogP contribution is 2.28. The highest BCUT2D eigenvalue weighted by molar-refractivity contribution is 5.97. The lowest BCUT2D eigenvalue weighted by molar-refractivity contribution is -0.384. The highest BCUT2D eigenvalue weighted by Gasteiger charge is 2.28. The molecule has 1 heterocycles. The second-order valence-electron chi connectivity index (χ2n) is 7.50. The summed E-state index contributed by atoms with van der Waals surface area (Å²) in [5.41, 5.74) is 1.53. The Kier molecular flexibility index (Phi) is 5.63. The Balaban J connectivity index is 1.38. The Labute approximate surface area is 175 Å². The zero-order valence-corrected chi connectivity index (χ0v) is 16.8. The van der Waals surface area contributed by atoms with Gasteiger partial charge in [-0.05, 0) is 35.9 Å². The van der Waals surface area contributed by atoms with E-state index in [-0.39, 0.29) is 22.6 Å². The van der Waals surface area contributed by atoms with Crippen LogP contribution in [0.1, 0.15) is 6.92 Å². The average Bonchev–Trinajstić information content (AvgIpc) is 2.78. The van der Waals surface area contributed by atoms with E-state index in [9.17, 15) is 14.9 Å². The summed E-state index contributed by atoms with van der Waals surface area (Å²) >= 11 is 0. The maximum absolute atomic E-state index is 12.8. The first kappa shape index (κ1) is 19.8. The number of nitro benzene ring substituents is 1. The molecule has 1 fully saturated rings. The number of amides is 1. The minimum Gasteiger partial charge on any atom is -0.363 e. The number of nitro groups is 1. The molecule has 4 rings (SSSR count). The van der Waals surface area contributed by atoms with Gasteiger partial charge in [0.2, 0.25) is 5.91 Å². The molecule has 1 N–H and O–H groups in total. The number of nitrogens with zero attached hydrogens (tertiary/aromatic N) is 3. The van der Waals surface area contributed by atoms with Crippen molar-refractivity contribution in [2.24, 2.45) is 0 Å². The van der Waals surface area contributed by atoms with E-state index in [0.717, 1.165) is 16.5 Å². The second kappa shape index (κ2) is 8.51. The van der Waals surface area contributed by atoms with Crippen molar-refractivity contribution in [2.45, 2.75) is 13.0 Å². The van der Waals surface area contributed by atoms with Crippen LogP contribution in [0.2, 0.25) is 0 Å². The van der Waals surface area contributed by atoms with E-state index in [2.05, 4.69) is 10.2 Å². The number of anilines is 2. The van der Waals surface area contributed by atoms with Crippen LogP contribution in [0.15, 0.2) is 66.7 Å². The number of benzene rings is 3. The molecule has 0 saturated carbocycles. The van der Waals surface area contributed by atoms with Gasteiger partial charge in [-0.15, -0.1) is 0 Å². The van der Waals surface area contributed by atoms with Gasteiger partial charge in [0.1, 0.15) is 5.69 Å². The smallest absolute Gasteiger partial charge is 0.292 e. The molecule has 1 atom stereocenters. The van der Waals surface area contributed by atoms with E-state index in [1.807, 2.05) is 60.4 Å². The Morgan fingerprint density at radius 3 is 2.37 bits per heavy atom. The van der Waals surface area contributed by atoms with Crippen LogP contribution in [0.25, 0.3) is 10.8 Å². The first-order valence-electron chi connectivity index (χ1n) is 10.0. The van der Waals surface area contributed by atoms with Crippen molar-refractivity contribution in [2.75, 3.05) is 36.4 Å². The molecule has 3 aromatic rings. The number of hydrogen-bond acceptors (Lipinski definition) is 5. The van der Waals surface area contributed by atoms with Gasteiger partial charge in [-0.25, -0.2) is 0 Å². The van der Waals surface area contributed by atoms with Crippen molar-refractivity contribution < 1.29 is 9.72 Å². The van der Waals surface area contributed by atoms with Crippen molar-refractivity contribution in [1.29, 1.82) is 0 Å². The summed E-state index contributed by atoms with van der Waals surface area (Å²) < 4.78 is 0. The average molecular weight is 404 g/mol. The van der Waals surface area contributed by atoms with E-state index in [1.54, 1.807) is 12.1 Å². The summed E-state index contributed by atoms with van der Waals surface area (Å²) in [7, 11) is 0. The summed E-state index contributed by atoms with van der Waals surface area (Å²) in [5.74, 6) is -0.0515. The number of hydrogen-bond donors (Lipinski definition) is 1. The Morgan fingerprint density at radius 2 is 1.63 bits per heavy atom. The van der Waals surface area contributed by atoms with Gasteiger partial charge >= 0.3 is 0 Å². The van der Waals surface area contributed by atoms with E-state index in [4.69, 9.17) is 0 Å². The monoisotopic (exact) mass is 404 g/mol. The topological polar surface area (TPSA) is 78.7 Å². The molecular formula is C23H24N4O3. The lowest BCUT2D eigenvalue weighted by atomic mass is 10.1. The first-order chi connectivity index (χ1) is 14.5. The van der Waals surface area contributed by atoms with Crippen LogP contribution in [-0.2, 0) is 4.79 Å². The van der Waals surface area contributed by atoms with E-state index in [0.29, 0.717) is 31.9 Å². The molecule has 1 aliphatic heterocycles. The fourth-order valence-electron chi connectivity index (χ4n) is 3.92. The van der Waals surface area contributed by atoms with Crippen LogP contribution < -0.4 is 10.2 Å². The van der Waals surface area contributed by atoms with Crippen LogP contribution in [0.3, 0.4) is 0 Å². The number of piperazine rings is 1. The Hall–Kier alpha value is -3.45. The molecule has 154 valence electrons. The van der Waals surface area contributed by atoms with E-state index in [1.165, 1.54) is 6.07 Å². The standard InChI is InChI=1S/C23H24N4O3/c1-17(23(28)24-20-11-10-18-6-2-3-7-19(18)16-20)25-12-14-26(15-13-25)21-8-4-5-9-22(21)27(29)30/h2-11,16-17H,12-15H2,1H3,(H,24,28). The molecule has 0 radical (unpaired) electrons. The number of nitrogens with one attached hydrogen (secondary N) is 1. The quantitative estimate of drug-likeness (QED) is 0.515. The molecule has 0 aliphatic carbocycles. The number of carbonyl (C=O) groups excluding carboxylic acids is 1. The molecule has 1 saturated heterocycles. The van der Waals surface area contributed by atoms with Gasteiger partial charge < -0.3 is 10.2 Å². The third-order valence-corrected chi connectivity index (χ3v) is 5.68. The maximum atomic E-state index is 12.8. The van der Waals surface area contributed by atoms with Gasteiger partial charge in [-0.1, -0.05) is 42.5 Å². The SMILES string of the molecule is CC(C(=O)Nc1ccc2ccccc2c1)N1CCN(c2ccccc2[N+](=O)[O-])CC1. The zero-order chi connectivity index (χ0) is 21.1. The zero-order valence-electron chi connectivity index (χ0n) is 16.8. The number of fused-ring (bicyclic) bond motifs is 1. The molecular weight excluding hydrogens is 380 g/mol. The van der Waals surface area contributed by atoms with Crippen molar-refractivity contribution in [1.82, 2.24) is 4.90 Å². The van der Waals surface area contributed by atoms with Crippen LogP contribution in [0.4, 0.5) is 17.1 Å². The molecule has 30 heavy (non-hydrogen) atoms. The van der Waals surface area contributed by atoms with Crippen molar-refractivity contribution >= 4 is 33.7 Å². The largest absolute Gasteiger partial charge is 0.363 e. The van der Waals surface area contributed by atoms with Gasteiger partial charge in [-0.3, -0.25) is 19.8 Å². The molecule has 1 unspecified atom stereocenters. The third-order valence-electron chi connectivity index (χ3n) is 5.68. The molecule has 3 aromatic carbocycles. The van der Waals surface area contributed by atoms with Gasteiger partial charge in [0, 0.05) is 37.9 Å². The minimum absolute atomic E-state index is 0.0515. The van der Waals surface area contributed by atoms with E-state index >= 15 is 0 Å². The van der Waals surface area contributed by atoms with Gasteiger partial charge in [-0.2, -0.15) is 0 Å². The number of para-hydroxylation sites is 2. The summed E-state index contributed by atoms with van der Waals surface area (Å²) in [5, 5.41) is 16.5. The Morgan fingerprint density at radius 1 is 0.967 bits per heavy atom. The summed E-state index contributed by atoms with van der Waals surface area (Å²) in [6, 6.07) is 20.4. The van der Waals surface area contributed by atoms with Crippen molar-refractivity contribution in [3.05, 3.63) is 76.8 Å². The maximum Gasteiger partial charge on any atom is 0.292 e. The molecule has 0 spiro atoms. The predicted octanol–water partition coefficient (Wildman–Crippen LogP) is 3.90. The Bertz CT molecular complexity index is 1080. The molecule has 0 bridgehead atoms. The molecule has 7 nitrogen and oxygen atoms in total. The second-order valence-corrected chi connectivity index (χ2v) is 7.50. The van der Waals surface area contributed by atoms with Crippen LogP contribution >= 0.6 is 0 Å².